The lowest BCUT2D eigenvalue weighted by Crippen LogP contribution is -2.45. The Morgan fingerprint density at radius 2 is 1.76 bits per heavy atom. The van der Waals surface area contributed by atoms with E-state index in [-0.39, 0.29) is 11.8 Å². The maximum atomic E-state index is 12.5. The largest absolute Gasteiger partial charge is 0.481 e. The van der Waals surface area contributed by atoms with Gasteiger partial charge in [0.05, 0.1) is 17.6 Å². The van der Waals surface area contributed by atoms with E-state index < -0.39 is 5.60 Å². The van der Waals surface area contributed by atoms with E-state index in [0.29, 0.717) is 29.9 Å². The molecule has 5 rings (SSSR count). The number of halogens is 1. The van der Waals surface area contributed by atoms with Crippen LogP contribution in [-0.2, 0) is 16.8 Å². The number of methoxy groups -OCH3 is 1. The number of carbonyl (C=O) groups is 1. The molecular formula is C31H37ClN2O3. The molecule has 5 nitrogen and oxygen atoms in total. The molecule has 2 fully saturated rings. The molecule has 1 unspecified atom stereocenters. The Kier molecular flexibility index (Phi) is 7.73. The average molecular weight is 521 g/mol. The summed E-state index contributed by atoms with van der Waals surface area (Å²) in [5, 5.41) is 14.0. The van der Waals surface area contributed by atoms with Crippen molar-refractivity contribution in [2.24, 2.45) is 11.8 Å². The van der Waals surface area contributed by atoms with Crippen LogP contribution in [0.4, 0.5) is 0 Å². The summed E-state index contributed by atoms with van der Waals surface area (Å²) in [6.45, 7) is 2.91. The number of carbonyl (C=O) groups excluding carboxylic acids is 1. The number of hydrogen-bond acceptors (Lipinski definition) is 4. The molecule has 2 heterocycles. The summed E-state index contributed by atoms with van der Waals surface area (Å²) in [7, 11) is 1.66. The topological polar surface area (TPSA) is 62.7 Å². The van der Waals surface area contributed by atoms with Crippen molar-refractivity contribution in [2.75, 3.05) is 20.2 Å². The lowest BCUT2D eigenvalue weighted by Gasteiger charge is -2.42. The summed E-state index contributed by atoms with van der Waals surface area (Å²) in [6, 6.07) is 15.8. The van der Waals surface area contributed by atoms with Gasteiger partial charge in [0.1, 0.15) is 5.60 Å². The van der Waals surface area contributed by atoms with E-state index in [4.69, 9.17) is 21.3 Å². The van der Waals surface area contributed by atoms with Crippen molar-refractivity contribution >= 4 is 28.4 Å². The molecule has 2 aliphatic rings. The predicted molar refractivity (Wildman–Crippen MR) is 148 cm³/mol. The summed E-state index contributed by atoms with van der Waals surface area (Å²) in [5.74, 6) is 1.25. The monoisotopic (exact) mass is 520 g/mol. The fourth-order valence-corrected chi connectivity index (χ4v) is 6.76. The minimum absolute atomic E-state index is 0.0327. The Morgan fingerprint density at radius 1 is 1.05 bits per heavy atom. The lowest BCUT2D eigenvalue weighted by atomic mass is 9.71. The first-order valence-electron chi connectivity index (χ1n) is 13.6. The van der Waals surface area contributed by atoms with E-state index in [2.05, 4.69) is 0 Å². The molecule has 0 bridgehead atoms. The normalized spacial score (nSPS) is 19.1. The van der Waals surface area contributed by atoms with Crippen molar-refractivity contribution in [1.82, 2.24) is 9.88 Å². The number of aliphatic hydroxyl groups is 1. The highest BCUT2D eigenvalue weighted by atomic mass is 35.5. The maximum Gasteiger partial charge on any atom is 0.219 e. The molecule has 0 spiro atoms. The van der Waals surface area contributed by atoms with Gasteiger partial charge in [-0.1, -0.05) is 80.1 Å². The van der Waals surface area contributed by atoms with Gasteiger partial charge in [-0.2, -0.15) is 0 Å². The molecule has 1 aromatic heterocycles. The highest BCUT2D eigenvalue weighted by Gasteiger charge is 2.42. The Balaban J connectivity index is 1.58. The van der Waals surface area contributed by atoms with Gasteiger partial charge in [0.25, 0.3) is 0 Å². The molecule has 37 heavy (non-hydrogen) atoms. The van der Waals surface area contributed by atoms with Crippen LogP contribution >= 0.6 is 11.6 Å². The number of hydrogen-bond donors (Lipinski definition) is 1. The molecule has 1 N–H and O–H groups in total. The smallest absolute Gasteiger partial charge is 0.219 e. The number of piperidine rings is 1. The minimum Gasteiger partial charge on any atom is -0.481 e. The van der Waals surface area contributed by atoms with Gasteiger partial charge in [0, 0.05) is 31.0 Å². The van der Waals surface area contributed by atoms with Crippen LogP contribution in [0.25, 0.3) is 10.9 Å². The lowest BCUT2D eigenvalue weighted by molar-refractivity contribution is -0.131. The van der Waals surface area contributed by atoms with Gasteiger partial charge >= 0.3 is 0 Å². The zero-order valence-corrected chi connectivity index (χ0v) is 22.6. The third kappa shape index (κ3) is 5.08. The second-order valence-electron chi connectivity index (χ2n) is 10.8. The molecule has 1 aliphatic heterocycles. The van der Waals surface area contributed by atoms with Crippen molar-refractivity contribution in [1.29, 1.82) is 0 Å². The standard InChI is InChI=1S/C31H37ClN2O3/c1-21(35)34-17-15-24(16-18-34)31(36,23-11-7-4-8-12-23)25-13-14-28-26(20-25)29(32)27(30(33-28)37-2)19-22-9-5-3-6-10-22/h4,7-8,11-14,20,22,24,36H,3,5-6,9-10,15-19H2,1-2H3. The summed E-state index contributed by atoms with van der Waals surface area (Å²) in [5.41, 5.74) is 2.20. The van der Waals surface area contributed by atoms with Gasteiger partial charge in [-0.25, -0.2) is 4.98 Å². The van der Waals surface area contributed by atoms with Crippen LogP contribution in [0.5, 0.6) is 5.88 Å². The molecule has 0 radical (unpaired) electrons. The highest BCUT2D eigenvalue weighted by molar-refractivity contribution is 6.36. The van der Waals surface area contributed by atoms with Gasteiger partial charge < -0.3 is 14.7 Å². The second kappa shape index (κ2) is 11.0. The molecule has 1 saturated heterocycles. The zero-order valence-electron chi connectivity index (χ0n) is 21.9. The van der Waals surface area contributed by atoms with Crippen molar-refractivity contribution < 1.29 is 14.6 Å². The number of likely N-dealkylation sites (tertiary alicyclic amines) is 1. The average Bonchev–Trinajstić information content (AvgIpc) is 2.95. The van der Waals surface area contributed by atoms with Crippen molar-refractivity contribution in [3.63, 3.8) is 0 Å². The van der Waals surface area contributed by atoms with Crippen LogP contribution in [0.15, 0.2) is 48.5 Å². The maximum absolute atomic E-state index is 12.5. The number of pyridine rings is 1. The third-order valence-corrected chi connectivity index (χ3v) is 9.01. The van der Waals surface area contributed by atoms with Crippen molar-refractivity contribution in [3.8, 4) is 5.88 Å². The number of benzene rings is 2. The number of amides is 1. The molecule has 3 aromatic rings. The van der Waals surface area contributed by atoms with Gasteiger partial charge in [-0.3, -0.25) is 4.79 Å². The SMILES string of the molecule is COc1nc2ccc(C(O)(c3ccccc3)C3CCN(C(C)=O)CC3)cc2c(Cl)c1CC1CCCCC1. The number of aromatic nitrogens is 1. The molecule has 2 aromatic carbocycles. The summed E-state index contributed by atoms with van der Waals surface area (Å²) < 4.78 is 5.69. The Morgan fingerprint density at radius 3 is 2.41 bits per heavy atom. The Labute approximate surface area is 224 Å². The molecule has 196 valence electrons. The summed E-state index contributed by atoms with van der Waals surface area (Å²) >= 11 is 7.11. The molecule has 1 amide bonds. The van der Waals surface area contributed by atoms with Gasteiger partial charge in [0.2, 0.25) is 11.8 Å². The first-order chi connectivity index (χ1) is 17.9. The minimum atomic E-state index is -1.20. The second-order valence-corrected chi connectivity index (χ2v) is 11.1. The predicted octanol–water partition coefficient (Wildman–Crippen LogP) is 6.51. The zero-order chi connectivity index (χ0) is 26.0. The van der Waals surface area contributed by atoms with Gasteiger partial charge in [-0.05, 0) is 54.4 Å². The van der Waals surface area contributed by atoms with Crippen LogP contribution in [0.1, 0.15) is 68.6 Å². The van der Waals surface area contributed by atoms with E-state index in [0.717, 1.165) is 46.9 Å². The number of rotatable bonds is 6. The Hall–Kier alpha value is -2.63. The Bertz CT molecular complexity index is 1250. The molecule has 1 aliphatic carbocycles. The quantitative estimate of drug-likeness (QED) is 0.402. The number of nitrogens with zero attached hydrogens (tertiary/aromatic N) is 2. The summed E-state index contributed by atoms with van der Waals surface area (Å²) in [6.07, 6.45) is 8.58. The van der Waals surface area contributed by atoms with E-state index in [1.165, 1.54) is 32.1 Å². The number of fused-ring (bicyclic) bond motifs is 1. The first-order valence-corrected chi connectivity index (χ1v) is 14.0. The van der Waals surface area contributed by atoms with Crippen LogP contribution in [0.2, 0.25) is 5.02 Å². The van der Waals surface area contributed by atoms with Crippen LogP contribution in [-0.4, -0.2) is 41.1 Å². The molecule has 6 heteroatoms. The number of ether oxygens (including phenoxy) is 1. The van der Waals surface area contributed by atoms with Gasteiger partial charge in [-0.15, -0.1) is 0 Å². The summed E-state index contributed by atoms with van der Waals surface area (Å²) in [4.78, 5) is 18.6. The highest BCUT2D eigenvalue weighted by Crippen LogP contribution is 2.44. The molecular weight excluding hydrogens is 484 g/mol. The fraction of sp³-hybridized carbons (Fsp3) is 0.484. The van der Waals surface area contributed by atoms with Crippen LogP contribution in [0, 0.1) is 11.8 Å². The fourth-order valence-electron chi connectivity index (χ4n) is 6.45. The third-order valence-electron chi connectivity index (χ3n) is 8.57. The van der Waals surface area contributed by atoms with E-state index >= 15 is 0 Å². The van der Waals surface area contributed by atoms with Gasteiger partial charge in [0.15, 0.2) is 0 Å². The van der Waals surface area contributed by atoms with Crippen LogP contribution < -0.4 is 4.74 Å². The molecule has 1 saturated carbocycles. The van der Waals surface area contributed by atoms with Crippen molar-refractivity contribution in [2.45, 2.75) is 63.9 Å². The van der Waals surface area contributed by atoms with Crippen LogP contribution in [0.3, 0.4) is 0 Å². The first kappa shape index (κ1) is 26.0. The van der Waals surface area contributed by atoms with E-state index in [1.807, 2.05) is 53.4 Å². The van der Waals surface area contributed by atoms with E-state index in [1.54, 1.807) is 14.0 Å². The molecule has 1 atom stereocenters. The van der Waals surface area contributed by atoms with Crippen molar-refractivity contribution in [3.05, 3.63) is 70.2 Å². The van der Waals surface area contributed by atoms with E-state index in [9.17, 15) is 9.90 Å².